The minimum atomic E-state index is -0.459. The van der Waals surface area contributed by atoms with E-state index < -0.39 is 5.54 Å². The van der Waals surface area contributed by atoms with Gasteiger partial charge in [-0.1, -0.05) is 12.1 Å². The molecule has 0 aliphatic rings. The molecule has 0 fully saturated rings. The zero-order chi connectivity index (χ0) is 13.3. The predicted octanol–water partition coefficient (Wildman–Crippen LogP) is 0.816. The van der Waals surface area contributed by atoms with Gasteiger partial charge in [-0.05, 0) is 26.3 Å². The van der Waals surface area contributed by atoms with Crippen LogP contribution in [0, 0.1) is 0 Å². The van der Waals surface area contributed by atoms with Crippen LogP contribution >= 0.6 is 0 Å². The molecule has 0 bridgehead atoms. The molecule has 2 aromatic heterocycles. The van der Waals surface area contributed by atoms with Crippen LogP contribution < -0.4 is 5.73 Å². The molecule has 0 aliphatic heterocycles. The quantitative estimate of drug-likeness (QED) is 0.869. The van der Waals surface area contributed by atoms with E-state index in [9.17, 15) is 0 Å². The highest BCUT2D eigenvalue weighted by Crippen LogP contribution is 2.13. The molecule has 2 aromatic rings. The van der Waals surface area contributed by atoms with Crippen molar-refractivity contribution < 1.29 is 0 Å². The summed E-state index contributed by atoms with van der Waals surface area (Å²) in [6.07, 6.45) is 2.82. The van der Waals surface area contributed by atoms with Crippen molar-refractivity contribution in [3.63, 3.8) is 0 Å². The third-order valence-electron chi connectivity index (χ3n) is 2.91. The van der Waals surface area contributed by atoms with Gasteiger partial charge in [0.1, 0.15) is 5.69 Å². The standard InChI is InChI=1S/C12H20N6/c1-5-9-6-10(17(4)15-9)7-18-8-11(14-16-18)12(2,3)13/h6,8H,5,7,13H2,1-4H3. The van der Waals surface area contributed by atoms with Gasteiger partial charge in [0.25, 0.3) is 0 Å². The maximum Gasteiger partial charge on any atom is 0.102 e. The number of aryl methyl sites for hydroxylation is 2. The molecule has 6 heteroatoms. The molecule has 98 valence electrons. The fourth-order valence-corrected chi connectivity index (χ4v) is 1.73. The third kappa shape index (κ3) is 2.59. The summed E-state index contributed by atoms with van der Waals surface area (Å²) >= 11 is 0. The molecule has 0 aromatic carbocycles. The van der Waals surface area contributed by atoms with Crippen LogP contribution in [-0.2, 0) is 25.6 Å². The fourth-order valence-electron chi connectivity index (χ4n) is 1.73. The summed E-state index contributed by atoms with van der Waals surface area (Å²) < 4.78 is 3.67. The SMILES string of the molecule is CCc1cc(Cn2cc(C(C)(C)N)nn2)n(C)n1. The smallest absolute Gasteiger partial charge is 0.102 e. The van der Waals surface area contributed by atoms with Crippen molar-refractivity contribution in [3.05, 3.63) is 29.3 Å². The van der Waals surface area contributed by atoms with Crippen LogP contribution in [0.2, 0.25) is 0 Å². The van der Waals surface area contributed by atoms with Gasteiger partial charge in [0.05, 0.1) is 29.7 Å². The van der Waals surface area contributed by atoms with Gasteiger partial charge in [0.15, 0.2) is 0 Å². The van der Waals surface area contributed by atoms with Gasteiger partial charge in [-0.3, -0.25) is 4.68 Å². The van der Waals surface area contributed by atoms with Gasteiger partial charge in [0.2, 0.25) is 0 Å². The van der Waals surface area contributed by atoms with Crippen LogP contribution in [0.5, 0.6) is 0 Å². The Hall–Kier alpha value is -1.69. The lowest BCUT2D eigenvalue weighted by Crippen LogP contribution is -2.29. The molecule has 18 heavy (non-hydrogen) atoms. The molecule has 2 rings (SSSR count). The van der Waals surface area contributed by atoms with E-state index in [1.54, 1.807) is 4.68 Å². The Labute approximate surface area is 107 Å². The first-order chi connectivity index (χ1) is 8.40. The minimum absolute atomic E-state index is 0.459. The van der Waals surface area contributed by atoms with Gasteiger partial charge >= 0.3 is 0 Å². The van der Waals surface area contributed by atoms with Crippen molar-refractivity contribution >= 4 is 0 Å². The van der Waals surface area contributed by atoms with Gasteiger partial charge < -0.3 is 5.73 Å². The van der Waals surface area contributed by atoms with E-state index in [-0.39, 0.29) is 0 Å². The van der Waals surface area contributed by atoms with Gasteiger partial charge in [-0.15, -0.1) is 5.10 Å². The molecule has 0 radical (unpaired) electrons. The third-order valence-corrected chi connectivity index (χ3v) is 2.91. The Morgan fingerprint density at radius 3 is 2.61 bits per heavy atom. The molecule has 0 aliphatic carbocycles. The van der Waals surface area contributed by atoms with E-state index in [1.807, 2.05) is 31.8 Å². The van der Waals surface area contributed by atoms with Gasteiger partial charge in [0, 0.05) is 7.05 Å². The molecule has 0 unspecified atom stereocenters. The maximum atomic E-state index is 5.99. The van der Waals surface area contributed by atoms with Crippen molar-refractivity contribution in [3.8, 4) is 0 Å². The first-order valence-electron chi connectivity index (χ1n) is 6.11. The number of hydrogen-bond donors (Lipinski definition) is 1. The van der Waals surface area contributed by atoms with Crippen molar-refractivity contribution in [1.82, 2.24) is 24.8 Å². The number of rotatable bonds is 4. The van der Waals surface area contributed by atoms with Gasteiger partial charge in [-0.25, -0.2) is 4.68 Å². The normalized spacial score (nSPS) is 12.1. The van der Waals surface area contributed by atoms with Crippen molar-refractivity contribution in [2.24, 2.45) is 12.8 Å². The average Bonchev–Trinajstić information content (AvgIpc) is 2.86. The lowest BCUT2D eigenvalue weighted by Gasteiger charge is -2.13. The van der Waals surface area contributed by atoms with Crippen LogP contribution in [-0.4, -0.2) is 24.8 Å². The molecule has 2 heterocycles. The summed E-state index contributed by atoms with van der Waals surface area (Å²) in [5.41, 5.74) is 8.52. The summed E-state index contributed by atoms with van der Waals surface area (Å²) in [7, 11) is 1.94. The second-order valence-electron chi connectivity index (χ2n) is 5.13. The predicted molar refractivity (Wildman–Crippen MR) is 68.9 cm³/mol. The van der Waals surface area contributed by atoms with Crippen LogP contribution in [0.25, 0.3) is 0 Å². The Kier molecular flexibility index (Phi) is 3.21. The molecule has 0 saturated heterocycles. The van der Waals surface area contributed by atoms with Crippen LogP contribution in [0.15, 0.2) is 12.3 Å². The zero-order valence-corrected chi connectivity index (χ0v) is 11.4. The molecule has 0 amide bonds. The molecule has 0 spiro atoms. The van der Waals surface area contributed by atoms with E-state index in [2.05, 4.69) is 28.4 Å². The molecular formula is C12H20N6. The average molecular weight is 248 g/mol. The molecule has 0 saturated carbocycles. The Morgan fingerprint density at radius 2 is 2.11 bits per heavy atom. The second-order valence-corrected chi connectivity index (χ2v) is 5.13. The molecule has 0 atom stereocenters. The van der Waals surface area contributed by atoms with Crippen LogP contribution in [0.1, 0.15) is 37.9 Å². The number of hydrogen-bond acceptors (Lipinski definition) is 4. The van der Waals surface area contributed by atoms with Crippen LogP contribution in [0.3, 0.4) is 0 Å². The monoisotopic (exact) mass is 248 g/mol. The summed E-state index contributed by atoms with van der Waals surface area (Å²) in [4.78, 5) is 0. The highest BCUT2D eigenvalue weighted by Gasteiger charge is 2.18. The maximum absolute atomic E-state index is 5.99. The second kappa shape index (κ2) is 4.53. The highest BCUT2D eigenvalue weighted by molar-refractivity contribution is 5.11. The summed E-state index contributed by atoms with van der Waals surface area (Å²) in [5, 5.41) is 12.6. The number of nitrogens with zero attached hydrogens (tertiary/aromatic N) is 5. The number of nitrogens with two attached hydrogens (primary N) is 1. The lowest BCUT2D eigenvalue weighted by atomic mass is 10.0. The molecular weight excluding hydrogens is 228 g/mol. The first-order valence-corrected chi connectivity index (χ1v) is 6.11. The van der Waals surface area contributed by atoms with E-state index >= 15 is 0 Å². The Bertz CT molecular complexity index is 531. The topological polar surface area (TPSA) is 74.6 Å². The lowest BCUT2D eigenvalue weighted by molar-refractivity contribution is 0.533. The van der Waals surface area contributed by atoms with Crippen LogP contribution in [0.4, 0.5) is 0 Å². The van der Waals surface area contributed by atoms with E-state index in [0.29, 0.717) is 6.54 Å². The minimum Gasteiger partial charge on any atom is -0.320 e. The zero-order valence-electron chi connectivity index (χ0n) is 11.4. The summed E-state index contributed by atoms with van der Waals surface area (Å²) in [5.74, 6) is 0. The Balaban J connectivity index is 2.18. The highest BCUT2D eigenvalue weighted by atomic mass is 15.4. The molecule has 6 nitrogen and oxygen atoms in total. The first kappa shape index (κ1) is 12.8. The van der Waals surface area contributed by atoms with E-state index in [4.69, 9.17) is 5.73 Å². The van der Waals surface area contributed by atoms with Crippen molar-refractivity contribution in [2.75, 3.05) is 0 Å². The number of aromatic nitrogens is 5. The van der Waals surface area contributed by atoms with E-state index in [0.717, 1.165) is 23.5 Å². The van der Waals surface area contributed by atoms with Gasteiger partial charge in [-0.2, -0.15) is 5.10 Å². The summed E-state index contributed by atoms with van der Waals surface area (Å²) in [6.45, 7) is 6.59. The van der Waals surface area contributed by atoms with Crippen molar-refractivity contribution in [1.29, 1.82) is 0 Å². The fraction of sp³-hybridized carbons (Fsp3) is 0.583. The van der Waals surface area contributed by atoms with E-state index in [1.165, 1.54) is 0 Å². The Morgan fingerprint density at radius 1 is 1.39 bits per heavy atom. The largest absolute Gasteiger partial charge is 0.320 e. The summed E-state index contributed by atoms with van der Waals surface area (Å²) in [6, 6.07) is 2.09. The van der Waals surface area contributed by atoms with Crippen molar-refractivity contribution in [2.45, 2.75) is 39.3 Å². The molecule has 2 N–H and O–H groups in total.